The van der Waals surface area contributed by atoms with Gasteiger partial charge >= 0.3 is 5.97 Å². The second-order valence-corrected chi connectivity index (χ2v) is 2.48. The van der Waals surface area contributed by atoms with E-state index in [0.717, 1.165) is 5.52 Å². The molecule has 0 amide bonds. The molecule has 0 spiro atoms. The lowest BCUT2D eigenvalue weighted by atomic mass is 10.2. The van der Waals surface area contributed by atoms with Crippen molar-refractivity contribution in [2.75, 3.05) is 0 Å². The van der Waals surface area contributed by atoms with E-state index >= 15 is 0 Å². The fourth-order valence-electron chi connectivity index (χ4n) is 1.18. The summed E-state index contributed by atoms with van der Waals surface area (Å²) in [6, 6.07) is 7.22. The Kier molecular flexibility index (Phi) is 1.37. The predicted octanol–water partition coefficient (Wildman–Crippen LogP) is 1.67. The summed E-state index contributed by atoms with van der Waals surface area (Å²) in [6.45, 7) is 0. The number of carbonyl (C=O) groups is 1. The average Bonchev–Trinajstić information content (AvgIpc) is 2.47. The van der Waals surface area contributed by atoms with E-state index in [9.17, 15) is 4.79 Å². The van der Waals surface area contributed by atoms with Crippen molar-refractivity contribution in [3.05, 3.63) is 36.0 Å². The van der Waals surface area contributed by atoms with Crippen molar-refractivity contribution in [3.8, 4) is 0 Å². The molecule has 2 aromatic rings. The topological polar surface area (TPSA) is 53.1 Å². The van der Waals surface area contributed by atoms with Crippen LogP contribution in [-0.2, 0) is 0 Å². The van der Waals surface area contributed by atoms with Crippen molar-refractivity contribution < 1.29 is 9.90 Å². The van der Waals surface area contributed by atoms with Crippen LogP contribution in [0.3, 0.4) is 0 Å². The standard InChI is InChI=1S/C9H6NO2/c11-9(12)7-5-10-8-4-2-1-3-6(7)8/h1-4,10H,(H,11,12). The van der Waals surface area contributed by atoms with E-state index in [0.29, 0.717) is 5.39 Å². The van der Waals surface area contributed by atoms with Crippen LogP contribution in [0.5, 0.6) is 0 Å². The molecule has 1 aromatic heterocycles. The molecular weight excluding hydrogens is 154 g/mol. The normalized spacial score (nSPS) is 10.3. The van der Waals surface area contributed by atoms with Crippen molar-refractivity contribution in [2.45, 2.75) is 0 Å². The molecule has 1 aromatic carbocycles. The fourth-order valence-corrected chi connectivity index (χ4v) is 1.18. The molecule has 0 saturated carbocycles. The molecule has 3 nitrogen and oxygen atoms in total. The minimum absolute atomic E-state index is 0.200. The fraction of sp³-hybridized carbons (Fsp3) is 0. The maximum atomic E-state index is 10.6. The molecule has 3 heteroatoms. The maximum absolute atomic E-state index is 10.6. The quantitative estimate of drug-likeness (QED) is 0.666. The van der Waals surface area contributed by atoms with Gasteiger partial charge in [-0.25, -0.2) is 4.79 Å². The zero-order chi connectivity index (χ0) is 8.55. The molecule has 0 bridgehead atoms. The first-order valence-corrected chi connectivity index (χ1v) is 3.51. The largest absolute Gasteiger partial charge is 0.478 e. The highest BCUT2D eigenvalue weighted by Gasteiger charge is 2.09. The van der Waals surface area contributed by atoms with Gasteiger partial charge in [-0.3, -0.25) is 0 Å². The molecule has 0 atom stereocenters. The molecule has 0 aliphatic rings. The Bertz CT molecular complexity index is 431. The summed E-state index contributed by atoms with van der Waals surface area (Å²) in [5, 5.41) is 9.42. The molecule has 2 rings (SSSR count). The number of hydrogen-bond donors (Lipinski definition) is 2. The second kappa shape index (κ2) is 2.37. The third kappa shape index (κ3) is 0.871. The minimum Gasteiger partial charge on any atom is -0.478 e. The molecule has 0 saturated heterocycles. The first kappa shape index (κ1) is 6.91. The summed E-state index contributed by atoms with van der Waals surface area (Å²) in [5.41, 5.74) is 1.00. The monoisotopic (exact) mass is 160 g/mol. The zero-order valence-corrected chi connectivity index (χ0v) is 6.16. The number of aromatic carboxylic acids is 1. The summed E-state index contributed by atoms with van der Waals surface area (Å²) in [7, 11) is 0. The number of para-hydroxylation sites is 1. The number of hydrogen-bond acceptors (Lipinski definition) is 1. The van der Waals surface area contributed by atoms with Crippen LogP contribution in [0.2, 0.25) is 0 Å². The van der Waals surface area contributed by atoms with E-state index in [1.54, 1.807) is 12.1 Å². The van der Waals surface area contributed by atoms with E-state index in [2.05, 4.69) is 11.2 Å². The number of benzene rings is 1. The number of H-pyrrole nitrogens is 1. The molecule has 0 unspecified atom stereocenters. The van der Waals surface area contributed by atoms with Crippen LogP contribution in [0, 0.1) is 6.20 Å². The Hall–Kier alpha value is -1.77. The zero-order valence-electron chi connectivity index (χ0n) is 6.16. The minimum atomic E-state index is -0.951. The Morgan fingerprint density at radius 1 is 1.42 bits per heavy atom. The number of rotatable bonds is 1. The third-order valence-corrected chi connectivity index (χ3v) is 1.73. The van der Waals surface area contributed by atoms with Crippen LogP contribution in [0.1, 0.15) is 10.4 Å². The number of aromatic nitrogens is 1. The summed E-state index contributed by atoms with van der Waals surface area (Å²) in [6.07, 6.45) is 2.59. The number of aromatic amines is 1. The summed E-state index contributed by atoms with van der Waals surface area (Å²) >= 11 is 0. The molecule has 0 fully saturated rings. The van der Waals surface area contributed by atoms with Crippen LogP contribution < -0.4 is 0 Å². The van der Waals surface area contributed by atoms with Crippen LogP contribution >= 0.6 is 0 Å². The van der Waals surface area contributed by atoms with Gasteiger partial charge in [-0.1, -0.05) is 18.2 Å². The smallest absolute Gasteiger partial charge is 0.338 e. The van der Waals surface area contributed by atoms with Gasteiger partial charge in [0.25, 0.3) is 0 Å². The highest BCUT2D eigenvalue weighted by molar-refractivity contribution is 6.02. The highest BCUT2D eigenvalue weighted by Crippen LogP contribution is 2.16. The molecular formula is C9H6NO2. The van der Waals surface area contributed by atoms with Crippen molar-refractivity contribution in [2.24, 2.45) is 0 Å². The Morgan fingerprint density at radius 2 is 2.17 bits per heavy atom. The van der Waals surface area contributed by atoms with Crippen LogP contribution in [0.25, 0.3) is 10.9 Å². The van der Waals surface area contributed by atoms with Crippen molar-refractivity contribution >= 4 is 16.9 Å². The molecule has 0 aliphatic heterocycles. The van der Waals surface area contributed by atoms with Gasteiger partial charge in [0.15, 0.2) is 0 Å². The summed E-state index contributed by atoms with van der Waals surface area (Å²) < 4.78 is 0. The van der Waals surface area contributed by atoms with Crippen molar-refractivity contribution in [1.82, 2.24) is 4.98 Å². The SMILES string of the molecule is O=C(O)c1[c][nH]c2ccccc12. The van der Waals surface area contributed by atoms with Crippen LogP contribution in [0.4, 0.5) is 0 Å². The molecule has 2 N–H and O–H groups in total. The number of carboxylic acid groups (broad SMARTS) is 1. The lowest BCUT2D eigenvalue weighted by Crippen LogP contribution is -1.93. The molecule has 12 heavy (non-hydrogen) atoms. The van der Waals surface area contributed by atoms with Gasteiger partial charge in [0.2, 0.25) is 0 Å². The van der Waals surface area contributed by atoms with Crippen molar-refractivity contribution in [3.63, 3.8) is 0 Å². The summed E-state index contributed by atoms with van der Waals surface area (Å²) in [5.74, 6) is -0.951. The van der Waals surface area contributed by atoms with E-state index in [-0.39, 0.29) is 5.56 Å². The predicted molar refractivity (Wildman–Crippen MR) is 44.1 cm³/mol. The first-order chi connectivity index (χ1) is 5.79. The first-order valence-electron chi connectivity index (χ1n) is 3.51. The summed E-state index contributed by atoms with van der Waals surface area (Å²) in [4.78, 5) is 13.4. The lowest BCUT2D eigenvalue weighted by Gasteiger charge is -1.89. The Labute approximate surface area is 68.6 Å². The Balaban J connectivity index is 2.79. The van der Waals surface area contributed by atoms with E-state index in [4.69, 9.17) is 5.11 Å². The van der Waals surface area contributed by atoms with Gasteiger partial charge in [0, 0.05) is 10.9 Å². The van der Waals surface area contributed by atoms with Gasteiger partial charge in [-0.15, -0.1) is 0 Å². The van der Waals surface area contributed by atoms with Gasteiger partial charge < -0.3 is 10.1 Å². The van der Waals surface area contributed by atoms with Crippen molar-refractivity contribution in [1.29, 1.82) is 0 Å². The number of fused-ring (bicyclic) bond motifs is 1. The number of nitrogens with one attached hydrogen (secondary N) is 1. The lowest BCUT2D eigenvalue weighted by molar-refractivity contribution is 0.0698. The van der Waals surface area contributed by atoms with E-state index < -0.39 is 5.97 Å². The van der Waals surface area contributed by atoms with Crippen LogP contribution in [-0.4, -0.2) is 16.1 Å². The van der Waals surface area contributed by atoms with Gasteiger partial charge in [0.05, 0.1) is 11.8 Å². The second-order valence-electron chi connectivity index (χ2n) is 2.48. The maximum Gasteiger partial charge on any atom is 0.338 e. The third-order valence-electron chi connectivity index (χ3n) is 1.73. The van der Waals surface area contributed by atoms with E-state index in [1.807, 2.05) is 12.1 Å². The van der Waals surface area contributed by atoms with Gasteiger partial charge in [0.1, 0.15) is 0 Å². The molecule has 59 valence electrons. The average molecular weight is 160 g/mol. The Morgan fingerprint density at radius 3 is 2.92 bits per heavy atom. The number of carboxylic acids is 1. The molecule has 0 aliphatic carbocycles. The van der Waals surface area contributed by atoms with Crippen LogP contribution in [0.15, 0.2) is 24.3 Å². The van der Waals surface area contributed by atoms with Gasteiger partial charge in [-0.05, 0) is 6.07 Å². The highest BCUT2D eigenvalue weighted by atomic mass is 16.4. The van der Waals surface area contributed by atoms with Gasteiger partial charge in [-0.2, -0.15) is 0 Å². The molecule has 1 radical (unpaired) electrons. The van der Waals surface area contributed by atoms with E-state index in [1.165, 1.54) is 0 Å². The molecule has 1 heterocycles.